The van der Waals surface area contributed by atoms with Gasteiger partial charge in [-0.25, -0.2) is 0 Å². The van der Waals surface area contributed by atoms with E-state index in [1.807, 2.05) is 6.92 Å². The average Bonchev–Trinajstić information content (AvgIpc) is 3.23. The lowest BCUT2D eigenvalue weighted by atomic mass is 10.1. The molecule has 4 nitrogen and oxygen atoms in total. The molecule has 0 atom stereocenters. The highest BCUT2D eigenvalue weighted by Gasteiger charge is 2.31. The van der Waals surface area contributed by atoms with Gasteiger partial charge in [0.2, 0.25) is 0 Å². The Bertz CT molecular complexity index is 761. The standard InChI is InChI=1S/C18H20F3N3O/c1-2-24-16(12-6-5-7-13(10-12)18(19,20)21)11-15(23-24)17(25)22-14-8-3-4-9-14/h5-7,10-11,14H,2-4,8-9H2,1H3,(H,22,25). The molecule has 7 heteroatoms. The topological polar surface area (TPSA) is 46.9 Å². The molecule has 0 radical (unpaired) electrons. The Morgan fingerprint density at radius 3 is 2.64 bits per heavy atom. The van der Waals surface area contributed by atoms with Crippen LogP contribution in [0, 0.1) is 0 Å². The molecule has 1 aromatic carbocycles. The molecule has 134 valence electrons. The summed E-state index contributed by atoms with van der Waals surface area (Å²) in [7, 11) is 0. The molecule has 0 saturated heterocycles. The Morgan fingerprint density at radius 1 is 1.28 bits per heavy atom. The zero-order chi connectivity index (χ0) is 18.0. The molecule has 2 aromatic rings. The second-order valence-corrected chi connectivity index (χ2v) is 6.26. The fraction of sp³-hybridized carbons (Fsp3) is 0.444. The van der Waals surface area contributed by atoms with Gasteiger partial charge in [-0.1, -0.05) is 25.0 Å². The van der Waals surface area contributed by atoms with Crippen molar-refractivity contribution < 1.29 is 18.0 Å². The zero-order valence-electron chi connectivity index (χ0n) is 13.9. The van der Waals surface area contributed by atoms with Crippen molar-refractivity contribution in [3.63, 3.8) is 0 Å². The number of hydrogen-bond acceptors (Lipinski definition) is 2. The average molecular weight is 351 g/mol. The first-order chi connectivity index (χ1) is 11.9. The van der Waals surface area contributed by atoms with Gasteiger partial charge in [-0.3, -0.25) is 9.48 Å². The fourth-order valence-corrected chi connectivity index (χ4v) is 3.19. The third kappa shape index (κ3) is 3.86. The molecule has 0 bridgehead atoms. The van der Waals surface area contributed by atoms with Gasteiger partial charge in [0.05, 0.1) is 11.3 Å². The smallest absolute Gasteiger partial charge is 0.348 e. The van der Waals surface area contributed by atoms with Crippen LogP contribution in [0.25, 0.3) is 11.3 Å². The summed E-state index contributed by atoms with van der Waals surface area (Å²) in [6, 6.07) is 6.80. The Kier molecular flexibility index (Phi) is 4.83. The lowest BCUT2D eigenvalue weighted by Crippen LogP contribution is -2.32. The molecule has 25 heavy (non-hydrogen) atoms. The minimum Gasteiger partial charge on any atom is -0.348 e. The van der Waals surface area contributed by atoms with Crippen LogP contribution in [0.2, 0.25) is 0 Å². The number of nitrogens with zero attached hydrogens (tertiary/aromatic N) is 2. The summed E-state index contributed by atoms with van der Waals surface area (Å²) in [5.41, 5.74) is 0.418. The molecule has 0 aliphatic heterocycles. The van der Waals surface area contributed by atoms with Crippen LogP contribution in [0.15, 0.2) is 30.3 Å². The van der Waals surface area contributed by atoms with Gasteiger partial charge < -0.3 is 5.32 Å². The number of aromatic nitrogens is 2. The summed E-state index contributed by atoms with van der Waals surface area (Å²) in [5, 5.41) is 7.21. The van der Waals surface area contributed by atoms with Crippen LogP contribution in [0.5, 0.6) is 0 Å². The van der Waals surface area contributed by atoms with Crippen molar-refractivity contribution in [3.05, 3.63) is 41.6 Å². The lowest BCUT2D eigenvalue weighted by Gasteiger charge is -2.09. The first-order valence-electron chi connectivity index (χ1n) is 8.45. The van der Waals surface area contributed by atoms with Gasteiger partial charge in [-0.05, 0) is 38.0 Å². The monoisotopic (exact) mass is 351 g/mol. The van der Waals surface area contributed by atoms with Gasteiger partial charge in [0.15, 0.2) is 5.69 Å². The van der Waals surface area contributed by atoms with E-state index in [2.05, 4.69) is 10.4 Å². The number of alkyl halides is 3. The van der Waals surface area contributed by atoms with E-state index in [1.54, 1.807) is 16.8 Å². The van der Waals surface area contributed by atoms with Crippen molar-refractivity contribution in [2.45, 2.75) is 51.4 Å². The summed E-state index contributed by atoms with van der Waals surface area (Å²) < 4.78 is 40.4. The summed E-state index contributed by atoms with van der Waals surface area (Å²) >= 11 is 0. The molecule has 1 aromatic heterocycles. The maximum atomic E-state index is 12.9. The molecule has 0 spiro atoms. The van der Waals surface area contributed by atoms with Crippen molar-refractivity contribution in [1.82, 2.24) is 15.1 Å². The van der Waals surface area contributed by atoms with Crippen molar-refractivity contribution in [2.24, 2.45) is 0 Å². The fourth-order valence-electron chi connectivity index (χ4n) is 3.19. The second kappa shape index (κ2) is 6.90. The molecule has 1 N–H and O–H groups in total. The third-order valence-corrected chi connectivity index (χ3v) is 4.49. The first kappa shape index (κ1) is 17.5. The first-order valence-corrected chi connectivity index (χ1v) is 8.45. The van der Waals surface area contributed by atoms with Crippen LogP contribution in [0.1, 0.15) is 48.7 Å². The Hall–Kier alpha value is -2.31. The minimum atomic E-state index is -4.41. The van der Waals surface area contributed by atoms with Crippen LogP contribution in [0.4, 0.5) is 13.2 Å². The van der Waals surface area contributed by atoms with Crippen LogP contribution in [-0.2, 0) is 12.7 Å². The van der Waals surface area contributed by atoms with E-state index in [1.165, 1.54) is 6.07 Å². The molecule has 1 fully saturated rings. The SMILES string of the molecule is CCn1nc(C(=O)NC2CCCC2)cc1-c1cccc(C(F)(F)F)c1. The molecular formula is C18H20F3N3O. The van der Waals surface area contributed by atoms with Gasteiger partial charge in [-0.15, -0.1) is 0 Å². The number of carbonyl (C=O) groups excluding carboxylic acids is 1. The van der Waals surface area contributed by atoms with Gasteiger partial charge in [-0.2, -0.15) is 18.3 Å². The zero-order valence-corrected chi connectivity index (χ0v) is 13.9. The third-order valence-electron chi connectivity index (χ3n) is 4.49. The number of hydrogen-bond donors (Lipinski definition) is 1. The maximum Gasteiger partial charge on any atom is 0.416 e. The minimum absolute atomic E-state index is 0.163. The number of amides is 1. The van der Waals surface area contributed by atoms with Crippen LogP contribution in [0.3, 0.4) is 0 Å². The predicted octanol–water partition coefficient (Wildman–Crippen LogP) is 4.26. The highest BCUT2D eigenvalue weighted by molar-refractivity contribution is 5.93. The van der Waals surface area contributed by atoms with Crippen molar-refractivity contribution in [1.29, 1.82) is 0 Å². The van der Waals surface area contributed by atoms with Crippen LogP contribution < -0.4 is 5.32 Å². The van der Waals surface area contributed by atoms with Crippen molar-refractivity contribution in [2.75, 3.05) is 0 Å². The van der Waals surface area contributed by atoms with Crippen LogP contribution >= 0.6 is 0 Å². The van der Waals surface area contributed by atoms with Gasteiger partial charge in [0.1, 0.15) is 0 Å². The van der Waals surface area contributed by atoms with Crippen LogP contribution in [-0.4, -0.2) is 21.7 Å². The Labute approximate surface area is 144 Å². The highest BCUT2D eigenvalue weighted by Crippen LogP contribution is 2.32. The number of nitrogens with one attached hydrogen (secondary N) is 1. The van der Waals surface area contributed by atoms with E-state index in [4.69, 9.17) is 0 Å². The van der Waals surface area contributed by atoms with E-state index < -0.39 is 11.7 Å². The molecule has 1 aliphatic rings. The quantitative estimate of drug-likeness (QED) is 0.895. The van der Waals surface area contributed by atoms with Crippen molar-refractivity contribution in [3.8, 4) is 11.3 Å². The number of benzene rings is 1. The van der Waals surface area contributed by atoms with Crippen molar-refractivity contribution >= 4 is 5.91 Å². The number of aryl methyl sites for hydroxylation is 1. The summed E-state index contributed by atoms with van der Waals surface area (Å²) in [6.45, 7) is 2.30. The maximum absolute atomic E-state index is 12.9. The summed E-state index contributed by atoms with van der Waals surface area (Å²) in [5.74, 6) is -0.271. The van der Waals surface area contributed by atoms with Gasteiger partial charge in [0, 0.05) is 18.2 Å². The normalized spacial score (nSPS) is 15.5. The number of carbonyl (C=O) groups is 1. The van der Waals surface area contributed by atoms with E-state index in [-0.39, 0.29) is 17.6 Å². The Balaban J connectivity index is 1.89. The second-order valence-electron chi connectivity index (χ2n) is 6.26. The van der Waals surface area contributed by atoms with E-state index in [0.717, 1.165) is 37.8 Å². The van der Waals surface area contributed by atoms with Gasteiger partial charge in [0.25, 0.3) is 5.91 Å². The van der Waals surface area contributed by atoms with Gasteiger partial charge >= 0.3 is 6.18 Å². The predicted molar refractivity (Wildman–Crippen MR) is 88.1 cm³/mol. The van der Waals surface area contributed by atoms with E-state index >= 15 is 0 Å². The van der Waals surface area contributed by atoms with E-state index in [9.17, 15) is 18.0 Å². The molecule has 1 heterocycles. The molecule has 3 rings (SSSR count). The summed E-state index contributed by atoms with van der Waals surface area (Å²) in [6.07, 6.45) is -0.287. The lowest BCUT2D eigenvalue weighted by molar-refractivity contribution is -0.137. The number of halogens is 3. The molecule has 1 amide bonds. The highest BCUT2D eigenvalue weighted by atomic mass is 19.4. The molecule has 1 aliphatic carbocycles. The molecule has 0 unspecified atom stereocenters. The largest absolute Gasteiger partial charge is 0.416 e. The summed E-state index contributed by atoms with van der Waals surface area (Å²) in [4.78, 5) is 12.4. The van der Waals surface area contributed by atoms with E-state index in [0.29, 0.717) is 17.8 Å². The Morgan fingerprint density at radius 2 is 2.00 bits per heavy atom. The molecule has 1 saturated carbocycles. The molecular weight excluding hydrogens is 331 g/mol. The number of rotatable bonds is 4.